The van der Waals surface area contributed by atoms with Crippen molar-refractivity contribution < 1.29 is 0 Å². The van der Waals surface area contributed by atoms with Crippen LogP contribution in [0.5, 0.6) is 0 Å². The summed E-state index contributed by atoms with van der Waals surface area (Å²) in [5.41, 5.74) is 4.17. The summed E-state index contributed by atoms with van der Waals surface area (Å²) in [7, 11) is 4.02. The van der Waals surface area contributed by atoms with Crippen molar-refractivity contribution >= 4 is 17.2 Å². The Bertz CT molecular complexity index is 798. The largest absolute Gasteiger partial charge is 0.378 e. The van der Waals surface area contributed by atoms with Gasteiger partial charge in [-0.2, -0.15) is 0 Å². The second kappa shape index (κ2) is 6.44. The predicted molar refractivity (Wildman–Crippen MR) is 93.2 cm³/mol. The average Bonchev–Trinajstić information content (AvgIpc) is 3.03. The molecule has 1 heterocycles. The summed E-state index contributed by atoms with van der Waals surface area (Å²) in [6, 6.07) is 17.9. The summed E-state index contributed by atoms with van der Waals surface area (Å²) in [6.07, 6.45) is 1.88. The number of aryl methyl sites for hydroxylation is 1. The number of hydrogen-bond acceptors (Lipinski definition) is 4. The van der Waals surface area contributed by atoms with Crippen molar-refractivity contribution in [2.75, 3.05) is 19.0 Å². The first-order valence-electron chi connectivity index (χ1n) is 7.44. The normalized spacial score (nSPS) is 11.1. The van der Waals surface area contributed by atoms with Crippen molar-refractivity contribution in [2.45, 2.75) is 6.92 Å². The lowest BCUT2D eigenvalue weighted by Gasteiger charge is -2.11. The summed E-state index contributed by atoms with van der Waals surface area (Å²) >= 11 is 0. The molecule has 5 heteroatoms. The van der Waals surface area contributed by atoms with Gasteiger partial charge in [0.25, 0.3) is 0 Å². The zero-order chi connectivity index (χ0) is 16.2. The summed E-state index contributed by atoms with van der Waals surface area (Å²) in [5.74, 6) is 0.585. The van der Waals surface area contributed by atoms with Gasteiger partial charge in [0.05, 0.1) is 11.4 Å². The van der Waals surface area contributed by atoms with E-state index in [2.05, 4.69) is 34.4 Å². The van der Waals surface area contributed by atoms with Crippen LogP contribution < -0.4 is 4.90 Å². The van der Waals surface area contributed by atoms with Gasteiger partial charge in [-0.05, 0) is 43.3 Å². The van der Waals surface area contributed by atoms with Crippen LogP contribution in [0, 0.1) is 6.92 Å². The minimum atomic E-state index is 0.585. The highest BCUT2D eigenvalue weighted by molar-refractivity contribution is 5.51. The van der Waals surface area contributed by atoms with E-state index >= 15 is 0 Å². The lowest BCUT2D eigenvalue weighted by molar-refractivity contribution is 0.874. The molecule has 0 aliphatic rings. The Kier molecular flexibility index (Phi) is 4.19. The minimum absolute atomic E-state index is 0.585. The molecule has 0 aliphatic carbocycles. The number of benzene rings is 2. The molecule has 0 N–H and O–H groups in total. The summed E-state index contributed by atoms with van der Waals surface area (Å²) in [6.45, 7) is 2.06. The Hall–Kier alpha value is -2.95. The standard InChI is InChI=1S/C18H19N5/c1-14-4-8-17(9-5-14)23-13-12-18(21-23)20-19-15-6-10-16(11-7-15)22(2)3/h4-13H,1-3H3. The molecule has 0 spiro atoms. The fraction of sp³-hybridized carbons (Fsp3) is 0.167. The maximum Gasteiger partial charge on any atom is 0.196 e. The molecule has 0 atom stereocenters. The van der Waals surface area contributed by atoms with Crippen molar-refractivity contribution in [1.29, 1.82) is 0 Å². The highest BCUT2D eigenvalue weighted by Gasteiger charge is 2.00. The van der Waals surface area contributed by atoms with E-state index in [1.54, 1.807) is 4.68 Å². The molecule has 0 saturated heterocycles. The van der Waals surface area contributed by atoms with Crippen LogP contribution >= 0.6 is 0 Å². The van der Waals surface area contributed by atoms with E-state index in [4.69, 9.17) is 0 Å². The summed E-state index contributed by atoms with van der Waals surface area (Å²) in [4.78, 5) is 2.05. The van der Waals surface area contributed by atoms with E-state index in [0.29, 0.717) is 5.82 Å². The SMILES string of the molecule is Cc1ccc(-n2ccc(N=Nc3ccc(N(C)C)cc3)n2)cc1. The van der Waals surface area contributed by atoms with Crippen LogP contribution in [-0.4, -0.2) is 23.9 Å². The Morgan fingerprint density at radius 1 is 0.870 bits per heavy atom. The van der Waals surface area contributed by atoms with Crippen LogP contribution in [0.3, 0.4) is 0 Å². The molecule has 0 saturated carbocycles. The van der Waals surface area contributed by atoms with Gasteiger partial charge in [-0.25, -0.2) is 4.68 Å². The lowest BCUT2D eigenvalue weighted by atomic mass is 10.2. The van der Waals surface area contributed by atoms with E-state index in [9.17, 15) is 0 Å². The Balaban J connectivity index is 1.74. The topological polar surface area (TPSA) is 45.8 Å². The second-order valence-corrected chi connectivity index (χ2v) is 5.56. The maximum atomic E-state index is 4.42. The van der Waals surface area contributed by atoms with Gasteiger partial charge in [-0.15, -0.1) is 15.3 Å². The summed E-state index contributed by atoms with van der Waals surface area (Å²) in [5, 5.41) is 12.8. The van der Waals surface area contributed by atoms with Crippen molar-refractivity contribution in [1.82, 2.24) is 9.78 Å². The van der Waals surface area contributed by atoms with Crippen LogP contribution in [0.15, 0.2) is 71.0 Å². The molecule has 0 radical (unpaired) electrons. The lowest BCUT2D eigenvalue weighted by Crippen LogP contribution is -2.07. The van der Waals surface area contributed by atoms with Gasteiger partial charge in [-0.1, -0.05) is 17.7 Å². The van der Waals surface area contributed by atoms with Crippen molar-refractivity contribution in [3.8, 4) is 5.69 Å². The van der Waals surface area contributed by atoms with Gasteiger partial charge in [0.1, 0.15) is 0 Å². The first-order valence-corrected chi connectivity index (χ1v) is 7.44. The fourth-order valence-corrected chi connectivity index (χ4v) is 2.14. The van der Waals surface area contributed by atoms with Gasteiger partial charge in [-0.3, -0.25) is 0 Å². The molecule has 3 aromatic rings. The Labute approximate surface area is 135 Å². The highest BCUT2D eigenvalue weighted by atomic mass is 15.3. The molecule has 0 unspecified atom stereocenters. The number of nitrogens with zero attached hydrogens (tertiary/aromatic N) is 5. The minimum Gasteiger partial charge on any atom is -0.378 e. The molecule has 3 rings (SSSR count). The van der Waals surface area contributed by atoms with Crippen molar-refractivity contribution in [3.63, 3.8) is 0 Å². The molecule has 2 aromatic carbocycles. The molecule has 1 aromatic heterocycles. The molecule has 0 amide bonds. The predicted octanol–water partition coefficient (Wildman–Crippen LogP) is 4.66. The highest BCUT2D eigenvalue weighted by Crippen LogP contribution is 2.21. The number of aromatic nitrogens is 2. The third kappa shape index (κ3) is 3.63. The maximum absolute atomic E-state index is 4.42. The zero-order valence-electron chi connectivity index (χ0n) is 13.5. The molecule has 23 heavy (non-hydrogen) atoms. The third-order valence-electron chi connectivity index (χ3n) is 3.51. The molecular weight excluding hydrogens is 286 g/mol. The van der Waals surface area contributed by atoms with Gasteiger partial charge in [0.15, 0.2) is 5.82 Å². The quantitative estimate of drug-likeness (QED) is 0.658. The van der Waals surface area contributed by atoms with Crippen molar-refractivity contribution in [3.05, 3.63) is 66.4 Å². The molecule has 5 nitrogen and oxygen atoms in total. The van der Waals surface area contributed by atoms with Gasteiger partial charge in [0, 0.05) is 32.0 Å². The molecule has 0 fully saturated rings. The van der Waals surface area contributed by atoms with Crippen molar-refractivity contribution in [2.24, 2.45) is 10.2 Å². The van der Waals surface area contributed by atoms with E-state index in [0.717, 1.165) is 17.1 Å². The number of rotatable bonds is 4. The molecular formula is C18H19N5. The van der Waals surface area contributed by atoms with E-state index in [-0.39, 0.29) is 0 Å². The second-order valence-electron chi connectivity index (χ2n) is 5.56. The monoisotopic (exact) mass is 305 g/mol. The first-order chi connectivity index (χ1) is 11.1. The molecule has 0 aliphatic heterocycles. The Morgan fingerprint density at radius 3 is 2.22 bits per heavy atom. The fourth-order valence-electron chi connectivity index (χ4n) is 2.14. The van der Waals surface area contributed by atoms with Crippen LogP contribution in [0.4, 0.5) is 17.2 Å². The van der Waals surface area contributed by atoms with Crippen LogP contribution in [-0.2, 0) is 0 Å². The molecule has 0 bridgehead atoms. The third-order valence-corrected chi connectivity index (χ3v) is 3.51. The number of hydrogen-bond donors (Lipinski definition) is 0. The van der Waals surface area contributed by atoms with Gasteiger partial charge in [0.2, 0.25) is 0 Å². The van der Waals surface area contributed by atoms with E-state index < -0.39 is 0 Å². The van der Waals surface area contributed by atoms with Crippen LogP contribution in [0.1, 0.15) is 5.56 Å². The van der Waals surface area contributed by atoms with Gasteiger partial charge >= 0.3 is 0 Å². The number of azo groups is 1. The zero-order valence-corrected chi connectivity index (χ0v) is 13.5. The van der Waals surface area contributed by atoms with E-state index in [1.807, 2.05) is 67.7 Å². The van der Waals surface area contributed by atoms with E-state index in [1.165, 1.54) is 5.56 Å². The molecule has 116 valence electrons. The Morgan fingerprint density at radius 2 is 1.57 bits per heavy atom. The van der Waals surface area contributed by atoms with Gasteiger partial charge < -0.3 is 4.90 Å². The van der Waals surface area contributed by atoms with Crippen LogP contribution in [0.25, 0.3) is 5.69 Å². The average molecular weight is 305 g/mol. The van der Waals surface area contributed by atoms with Crippen LogP contribution in [0.2, 0.25) is 0 Å². The smallest absolute Gasteiger partial charge is 0.196 e. The summed E-state index contributed by atoms with van der Waals surface area (Å²) < 4.78 is 1.79. The first kappa shape index (κ1) is 15.0. The number of anilines is 1.